The maximum Gasteiger partial charge on any atom is 0.318 e. The fourth-order valence-corrected chi connectivity index (χ4v) is 3.84. The lowest BCUT2D eigenvalue weighted by atomic mass is 10.0. The highest BCUT2D eigenvalue weighted by atomic mass is 16.5. The number of fused-ring (bicyclic) bond motifs is 1. The van der Waals surface area contributed by atoms with E-state index >= 15 is 0 Å². The number of nitrogens with zero attached hydrogens (tertiary/aromatic N) is 3. The Hall–Kier alpha value is -2.28. The number of ether oxygens (including phenoxy) is 1. The first kappa shape index (κ1) is 21.4. The van der Waals surface area contributed by atoms with Gasteiger partial charge in [-0.15, -0.1) is 0 Å². The Morgan fingerprint density at radius 2 is 1.86 bits per heavy atom. The van der Waals surface area contributed by atoms with Gasteiger partial charge in [0, 0.05) is 44.2 Å². The number of amides is 3. The summed E-state index contributed by atoms with van der Waals surface area (Å²) < 4.78 is 5.83. The van der Waals surface area contributed by atoms with E-state index in [9.17, 15) is 9.59 Å². The summed E-state index contributed by atoms with van der Waals surface area (Å²) in [5, 5.41) is 2.95. The molecule has 0 atom stereocenters. The molecule has 0 aromatic heterocycles. The molecule has 0 radical (unpaired) electrons. The van der Waals surface area contributed by atoms with Crippen LogP contribution >= 0.6 is 0 Å². The van der Waals surface area contributed by atoms with Gasteiger partial charge in [0.2, 0.25) is 5.91 Å². The summed E-state index contributed by atoms with van der Waals surface area (Å²) in [6.45, 7) is 12.3. The topological polar surface area (TPSA) is 65.1 Å². The third-order valence-electron chi connectivity index (χ3n) is 5.60. The van der Waals surface area contributed by atoms with Crippen LogP contribution in [0, 0.1) is 0 Å². The molecule has 0 bridgehead atoms. The van der Waals surface area contributed by atoms with E-state index in [-0.39, 0.29) is 18.0 Å². The van der Waals surface area contributed by atoms with Gasteiger partial charge >= 0.3 is 6.03 Å². The average molecular weight is 403 g/mol. The second-order valence-corrected chi connectivity index (χ2v) is 8.13. The first-order valence-corrected chi connectivity index (χ1v) is 10.8. The van der Waals surface area contributed by atoms with Gasteiger partial charge in [-0.1, -0.05) is 19.1 Å². The summed E-state index contributed by atoms with van der Waals surface area (Å²) in [5.74, 6) is 1.06. The van der Waals surface area contributed by atoms with Crippen LogP contribution in [0.5, 0.6) is 5.75 Å². The van der Waals surface area contributed by atoms with E-state index in [1.54, 1.807) is 4.90 Å². The number of carbonyl (C=O) groups is 2. The second-order valence-electron chi connectivity index (χ2n) is 8.13. The molecule has 3 rings (SSSR count). The molecule has 0 spiro atoms. The Kier molecular flexibility index (Phi) is 7.36. The van der Waals surface area contributed by atoms with Crippen LogP contribution in [-0.4, -0.2) is 78.6 Å². The van der Waals surface area contributed by atoms with Crippen molar-refractivity contribution in [2.24, 2.45) is 0 Å². The van der Waals surface area contributed by atoms with Crippen LogP contribution in [0.3, 0.4) is 0 Å². The number of likely N-dealkylation sites (N-methyl/N-ethyl adjacent to an activating group) is 1. The number of benzene rings is 1. The normalized spacial score (nSPS) is 17.5. The van der Waals surface area contributed by atoms with Crippen LogP contribution in [-0.2, 0) is 17.8 Å². The largest absolute Gasteiger partial charge is 0.491 e. The molecule has 1 aromatic rings. The number of hydrogen-bond donors (Lipinski definition) is 1. The Labute approximate surface area is 174 Å². The summed E-state index contributed by atoms with van der Waals surface area (Å²) in [5.41, 5.74) is 2.11. The van der Waals surface area contributed by atoms with Crippen LogP contribution in [0.1, 0.15) is 38.3 Å². The van der Waals surface area contributed by atoms with Crippen LogP contribution < -0.4 is 10.1 Å². The first-order chi connectivity index (χ1) is 14.0. The van der Waals surface area contributed by atoms with E-state index in [0.29, 0.717) is 32.5 Å². The Morgan fingerprint density at radius 1 is 1.10 bits per heavy atom. The van der Waals surface area contributed by atoms with Crippen molar-refractivity contribution in [1.29, 1.82) is 0 Å². The summed E-state index contributed by atoms with van der Waals surface area (Å²) in [4.78, 5) is 31.1. The average Bonchev–Trinajstić information content (AvgIpc) is 2.93. The Balaban J connectivity index is 1.57. The van der Waals surface area contributed by atoms with Crippen molar-refractivity contribution in [2.45, 2.75) is 46.2 Å². The van der Waals surface area contributed by atoms with E-state index < -0.39 is 0 Å². The fraction of sp³-hybridized carbons (Fsp3) is 0.636. The zero-order valence-corrected chi connectivity index (χ0v) is 17.9. The number of hydrogen-bond acceptors (Lipinski definition) is 4. The van der Waals surface area contributed by atoms with E-state index in [2.05, 4.69) is 23.2 Å². The predicted molar refractivity (Wildman–Crippen MR) is 113 cm³/mol. The molecule has 0 unspecified atom stereocenters. The van der Waals surface area contributed by atoms with Crippen molar-refractivity contribution in [3.8, 4) is 5.75 Å². The second kappa shape index (κ2) is 9.96. The smallest absolute Gasteiger partial charge is 0.318 e. The molecular weight excluding hydrogens is 368 g/mol. The van der Waals surface area contributed by atoms with E-state index in [0.717, 1.165) is 49.6 Å². The molecule has 2 heterocycles. The Morgan fingerprint density at radius 3 is 2.55 bits per heavy atom. The Bertz CT molecular complexity index is 714. The zero-order chi connectivity index (χ0) is 20.8. The molecule has 1 N–H and O–H groups in total. The van der Waals surface area contributed by atoms with Crippen LogP contribution in [0.4, 0.5) is 4.79 Å². The van der Waals surface area contributed by atoms with E-state index in [1.165, 1.54) is 0 Å². The van der Waals surface area contributed by atoms with Gasteiger partial charge in [0.25, 0.3) is 0 Å². The molecule has 7 nitrogen and oxygen atoms in total. The molecule has 2 aliphatic rings. The molecule has 0 saturated carbocycles. The van der Waals surface area contributed by atoms with Gasteiger partial charge in [-0.2, -0.15) is 0 Å². The minimum absolute atomic E-state index is 0.0664. The van der Waals surface area contributed by atoms with Gasteiger partial charge in [-0.25, -0.2) is 4.79 Å². The highest BCUT2D eigenvalue weighted by Gasteiger charge is 2.22. The molecule has 1 aromatic carbocycles. The van der Waals surface area contributed by atoms with Crippen LogP contribution in [0.2, 0.25) is 0 Å². The monoisotopic (exact) mass is 402 g/mol. The summed E-state index contributed by atoms with van der Waals surface area (Å²) in [7, 11) is 0. The van der Waals surface area contributed by atoms with Gasteiger partial charge in [0.15, 0.2) is 0 Å². The van der Waals surface area contributed by atoms with Crippen LogP contribution in [0.15, 0.2) is 18.2 Å². The molecule has 7 heteroatoms. The number of piperazine rings is 1. The van der Waals surface area contributed by atoms with Gasteiger partial charge < -0.3 is 24.8 Å². The third kappa shape index (κ3) is 5.85. The highest BCUT2D eigenvalue weighted by Crippen LogP contribution is 2.25. The van der Waals surface area contributed by atoms with Crippen molar-refractivity contribution in [1.82, 2.24) is 20.0 Å². The number of nitrogens with one attached hydrogen (secondary N) is 1. The van der Waals surface area contributed by atoms with Crippen molar-refractivity contribution in [3.63, 3.8) is 0 Å². The quantitative estimate of drug-likeness (QED) is 0.819. The zero-order valence-electron chi connectivity index (χ0n) is 17.9. The summed E-state index contributed by atoms with van der Waals surface area (Å²) >= 11 is 0. The van der Waals surface area contributed by atoms with Gasteiger partial charge in [0.05, 0.1) is 13.1 Å². The SMILES string of the molecule is CCN1CCN(C(=O)CCc2ccc3c(c2)CN(C(=O)NC(C)C)CCO3)CC1. The van der Waals surface area contributed by atoms with Gasteiger partial charge in [-0.05, 0) is 38.4 Å². The summed E-state index contributed by atoms with van der Waals surface area (Å²) in [6, 6.07) is 6.12. The molecule has 29 heavy (non-hydrogen) atoms. The lowest BCUT2D eigenvalue weighted by Crippen LogP contribution is -2.48. The lowest BCUT2D eigenvalue weighted by Gasteiger charge is -2.34. The molecular formula is C22H34N4O3. The minimum Gasteiger partial charge on any atom is -0.491 e. The molecule has 1 saturated heterocycles. The molecule has 1 fully saturated rings. The molecule has 2 aliphatic heterocycles. The minimum atomic E-state index is -0.0664. The predicted octanol–water partition coefficient (Wildman–Crippen LogP) is 2.10. The molecule has 3 amide bonds. The van der Waals surface area contributed by atoms with E-state index in [1.807, 2.05) is 30.9 Å². The number of aryl methyl sites for hydroxylation is 1. The third-order valence-corrected chi connectivity index (χ3v) is 5.60. The van der Waals surface area contributed by atoms with Crippen molar-refractivity contribution < 1.29 is 14.3 Å². The number of urea groups is 1. The van der Waals surface area contributed by atoms with Crippen molar-refractivity contribution in [2.75, 3.05) is 45.9 Å². The number of carbonyl (C=O) groups excluding carboxylic acids is 2. The molecule has 0 aliphatic carbocycles. The van der Waals surface area contributed by atoms with Crippen molar-refractivity contribution >= 4 is 11.9 Å². The maximum absolute atomic E-state index is 12.6. The maximum atomic E-state index is 12.6. The van der Waals surface area contributed by atoms with Crippen molar-refractivity contribution in [3.05, 3.63) is 29.3 Å². The first-order valence-electron chi connectivity index (χ1n) is 10.8. The standard InChI is InChI=1S/C22H34N4O3/c1-4-24-9-11-25(12-10-24)21(27)8-6-18-5-7-20-19(15-18)16-26(13-14-29-20)22(28)23-17(2)3/h5,7,15,17H,4,6,8-14,16H2,1-3H3,(H,23,28). The highest BCUT2D eigenvalue weighted by molar-refractivity contribution is 5.76. The lowest BCUT2D eigenvalue weighted by molar-refractivity contribution is -0.132. The van der Waals surface area contributed by atoms with Gasteiger partial charge in [0.1, 0.15) is 12.4 Å². The fourth-order valence-electron chi connectivity index (χ4n) is 3.84. The summed E-state index contributed by atoms with van der Waals surface area (Å²) in [6.07, 6.45) is 1.22. The van der Waals surface area contributed by atoms with Gasteiger partial charge in [-0.3, -0.25) is 4.79 Å². The van der Waals surface area contributed by atoms with Crippen LogP contribution in [0.25, 0.3) is 0 Å². The molecule has 160 valence electrons. The van der Waals surface area contributed by atoms with E-state index in [4.69, 9.17) is 4.74 Å². The number of rotatable bonds is 5.